The molecule has 0 aromatic heterocycles. The van der Waals surface area contributed by atoms with E-state index in [2.05, 4.69) is 6.92 Å². The van der Waals surface area contributed by atoms with Crippen molar-refractivity contribution in [2.75, 3.05) is 6.61 Å². The van der Waals surface area contributed by atoms with Crippen LogP contribution in [0, 0.1) is 12.3 Å². The average Bonchev–Trinajstić information content (AvgIpc) is 2.99. The lowest BCUT2D eigenvalue weighted by molar-refractivity contribution is -0.162. The van der Waals surface area contributed by atoms with E-state index in [9.17, 15) is 9.59 Å². The predicted octanol–water partition coefficient (Wildman–Crippen LogP) is 4.83. The van der Waals surface area contributed by atoms with Crippen molar-refractivity contribution < 1.29 is 19.1 Å². The molecule has 0 amide bonds. The summed E-state index contributed by atoms with van der Waals surface area (Å²) in [6.45, 7) is 6.26. The van der Waals surface area contributed by atoms with E-state index in [4.69, 9.17) is 9.47 Å². The van der Waals surface area contributed by atoms with Gasteiger partial charge >= 0.3 is 11.9 Å². The fourth-order valence-corrected chi connectivity index (χ4v) is 3.77. The minimum atomic E-state index is -0.676. The van der Waals surface area contributed by atoms with Crippen LogP contribution in [0.15, 0.2) is 24.3 Å². The summed E-state index contributed by atoms with van der Waals surface area (Å²) < 4.78 is 11.2. The van der Waals surface area contributed by atoms with Gasteiger partial charge in [0.15, 0.2) is 0 Å². The van der Waals surface area contributed by atoms with Crippen LogP contribution in [-0.2, 0) is 14.3 Å². The molecule has 2 atom stereocenters. The maximum Gasteiger partial charge on any atom is 0.338 e. The highest BCUT2D eigenvalue weighted by molar-refractivity contribution is 5.90. The number of carbonyl (C=O) groups is 2. The summed E-state index contributed by atoms with van der Waals surface area (Å²) in [5, 5.41) is 0. The zero-order chi connectivity index (χ0) is 18.3. The van der Waals surface area contributed by atoms with Crippen LogP contribution in [0.5, 0.6) is 0 Å². The minimum absolute atomic E-state index is 0.203. The zero-order valence-corrected chi connectivity index (χ0v) is 15.7. The Bertz CT molecular complexity index is 595. The lowest BCUT2D eigenvalue weighted by atomic mass is 9.79. The highest BCUT2D eigenvalue weighted by Crippen LogP contribution is 2.45. The van der Waals surface area contributed by atoms with Crippen molar-refractivity contribution in [1.82, 2.24) is 0 Å². The topological polar surface area (TPSA) is 52.6 Å². The highest BCUT2D eigenvalue weighted by atomic mass is 16.6. The first-order valence-electron chi connectivity index (χ1n) is 9.48. The van der Waals surface area contributed by atoms with Crippen molar-refractivity contribution in [3.63, 3.8) is 0 Å². The molecule has 1 saturated carbocycles. The van der Waals surface area contributed by atoms with Crippen molar-refractivity contribution in [1.29, 1.82) is 0 Å². The number of hydrogen-bond donors (Lipinski definition) is 0. The summed E-state index contributed by atoms with van der Waals surface area (Å²) >= 11 is 0. The zero-order valence-electron chi connectivity index (χ0n) is 15.7. The van der Waals surface area contributed by atoms with Gasteiger partial charge in [-0.05, 0) is 51.7 Å². The monoisotopic (exact) mass is 346 g/mol. The second-order valence-corrected chi connectivity index (χ2v) is 6.99. The second kappa shape index (κ2) is 9.02. The van der Waals surface area contributed by atoms with Crippen LogP contribution >= 0.6 is 0 Å². The number of carbonyl (C=O) groups excluding carboxylic acids is 2. The molecule has 1 aromatic rings. The largest absolute Gasteiger partial charge is 0.465 e. The smallest absolute Gasteiger partial charge is 0.338 e. The van der Waals surface area contributed by atoms with Crippen molar-refractivity contribution in [2.24, 2.45) is 5.41 Å². The van der Waals surface area contributed by atoms with Crippen LogP contribution in [-0.4, -0.2) is 24.6 Å². The molecule has 0 bridgehead atoms. The Balaban J connectivity index is 2.17. The molecule has 0 spiro atoms. The van der Waals surface area contributed by atoms with Crippen LogP contribution in [0.2, 0.25) is 0 Å². The van der Waals surface area contributed by atoms with Crippen LogP contribution in [0.1, 0.15) is 74.7 Å². The van der Waals surface area contributed by atoms with Crippen LogP contribution in [0.4, 0.5) is 0 Å². The molecule has 0 saturated heterocycles. The van der Waals surface area contributed by atoms with Crippen molar-refractivity contribution >= 4 is 11.9 Å². The Labute approximate surface area is 150 Å². The number of unbranched alkanes of at least 4 members (excludes halogenated alkanes) is 2. The summed E-state index contributed by atoms with van der Waals surface area (Å²) in [5.74, 6) is -0.551. The third kappa shape index (κ3) is 4.62. The van der Waals surface area contributed by atoms with Gasteiger partial charge in [-0.3, -0.25) is 4.79 Å². The summed E-state index contributed by atoms with van der Waals surface area (Å²) in [7, 11) is 0. The maximum absolute atomic E-state index is 12.7. The van der Waals surface area contributed by atoms with Gasteiger partial charge in [0.1, 0.15) is 11.5 Å². The molecule has 0 N–H and O–H groups in total. The molecule has 0 radical (unpaired) electrons. The normalized spacial score (nSPS) is 22.6. The van der Waals surface area contributed by atoms with E-state index in [-0.39, 0.29) is 11.9 Å². The summed E-state index contributed by atoms with van der Waals surface area (Å²) in [4.78, 5) is 25.3. The van der Waals surface area contributed by atoms with Gasteiger partial charge in [-0.2, -0.15) is 0 Å². The van der Waals surface area contributed by atoms with Gasteiger partial charge in [-0.25, -0.2) is 4.79 Å². The molecule has 2 unspecified atom stereocenters. The summed E-state index contributed by atoms with van der Waals surface area (Å²) in [6.07, 6.45) is 5.79. The molecule has 1 aliphatic rings. The van der Waals surface area contributed by atoms with E-state index in [1.165, 1.54) is 0 Å². The van der Waals surface area contributed by atoms with E-state index in [1.807, 2.05) is 32.0 Å². The van der Waals surface area contributed by atoms with Gasteiger partial charge in [-0.1, -0.05) is 43.9 Å². The lowest BCUT2D eigenvalue weighted by Crippen LogP contribution is -2.42. The molecule has 2 rings (SSSR count). The first-order valence-corrected chi connectivity index (χ1v) is 9.48. The Kier molecular flexibility index (Phi) is 7.03. The van der Waals surface area contributed by atoms with Gasteiger partial charge in [0.05, 0.1) is 12.2 Å². The molecule has 25 heavy (non-hydrogen) atoms. The van der Waals surface area contributed by atoms with Gasteiger partial charge in [0, 0.05) is 0 Å². The summed E-state index contributed by atoms with van der Waals surface area (Å²) in [5.41, 5.74) is 0.878. The third-order valence-corrected chi connectivity index (χ3v) is 5.12. The molecule has 1 aromatic carbocycles. The third-order valence-electron chi connectivity index (χ3n) is 5.12. The number of rotatable bonds is 8. The Morgan fingerprint density at radius 2 is 2.04 bits per heavy atom. The molecule has 0 heterocycles. The average molecular weight is 346 g/mol. The van der Waals surface area contributed by atoms with Gasteiger partial charge in [0.2, 0.25) is 0 Å². The van der Waals surface area contributed by atoms with Crippen LogP contribution in [0.3, 0.4) is 0 Å². The molecule has 4 nitrogen and oxygen atoms in total. The SMILES string of the molecule is CCCCCC1(C(=O)OCC)CCCC1OC(=O)c1cccc(C)c1. The summed E-state index contributed by atoms with van der Waals surface area (Å²) in [6, 6.07) is 7.37. The molecule has 138 valence electrons. The number of ether oxygens (including phenoxy) is 2. The van der Waals surface area contributed by atoms with Crippen molar-refractivity contribution in [3.05, 3.63) is 35.4 Å². The second-order valence-electron chi connectivity index (χ2n) is 6.99. The van der Waals surface area contributed by atoms with E-state index in [0.717, 1.165) is 50.5 Å². The van der Waals surface area contributed by atoms with E-state index in [0.29, 0.717) is 12.2 Å². The van der Waals surface area contributed by atoms with E-state index >= 15 is 0 Å². The fourth-order valence-electron chi connectivity index (χ4n) is 3.77. The molecule has 0 aliphatic heterocycles. The Morgan fingerprint density at radius 3 is 2.72 bits per heavy atom. The molecular weight excluding hydrogens is 316 g/mol. The molecule has 1 aliphatic carbocycles. The van der Waals surface area contributed by atoms with E-state index in [1.54, 1.807) is 6.07 Å². The predicted molar refractivity (Wildman–Crippen MR) is 97.4 cm³/mol. The standard InChI is InChI=1S/C21H30O4/c1-4-6-7-13-21(20(23)24-5-2)14-9-12-18(21)25-19(22)17-11-8-10-16(3)15-17/h8,10-11,15,18H,4-7,9,12-14H2,1-3H3. The molecule has 4 heteroatoms. The van der Waals surface area contributed by atoms with Crippen molar-refractivity contribution in [3.8, 4) is 0 Å². The number of aryl methyl sites for hydroxylation is 1. The maximum atomic E-state index is 12.7. The van der Waals surface area contributed by atoms with Gasteiger partial charge in [-0.15, -0.1) is 0 Å². The first kappa shape index (κ1) is 19.5. The number of esters is 2. The minimum Gasteiger partial charge on any atom is -0.465 e. The van der Waals surface area contributed by atoms with Crippen LogP contribution in [0.25, 0.3) is 0 Å². The molecular formula is C21H30O4. The van der Waals surface area contributed by atoms with E-state index < -0.39 is 11.5 Å². The number of benzene rings is 1. The molecule has 1 fully saturated rings. The van der Waals surface area contributed by atoms with Gasteiger partial charge < -0.3 is 9.47 Å². The fraction of sp³-hybridized carbons (Fsp3) is 0.619. The lowest BCUT2D eigenvalue weighted by Gasteiger charge is -2.32. The Hall–Kier alpha value is -1.84. The first-order chi connectivity index (χ1) is 12.0. The van der Waals surface area contributed by atoms with Crippen LogP contribution < -0.4 is 0 Å². The highest BCUT2D eigenvalue weighted by Gasteiger charge is 2.51. The van der Waals surface area contributed by atoms with Gasteiger partial charge in [0.25, 0.3) is 0 Å². The number of hydrogen-bond acceptors (Lipinski definition) is 4. The Morgan fingerprint density at radius 1 is 1.24 bits per heavy atom. The van der Waals surface area contributed by atoms with Crippen molar-refractivity contribution in [2.45, 2.75) is 71.8 Å². The quantitative estimate of drug-likeness (QED) is 0.499.